The summed E-state index contributed by atoms with van der Waals surface area (Å²) in [7, 11) is -1.67. The summed E-state index contributed by atoms with van der Waals surface area (Å²) in [6, 6.07) is 1.71. The van der Waals surface area contributed by atoms with Gasteiger partial charge in [-0.3, -0.25) is 0 Å². The summed E-state index contributed by atoms with van der Waals surface area (Å²) in [5.41, 5.74) is 5.54. The molecule has 1 aliphatic carbocycles. The van der Waals surface area contributed by atoms with Crippen molar-refractivity contribution in [2.75, 3.05) is 13.6 Å². The highest BCUT2D eigenvalue weighted by molar-refractivity contribution is 7.89. The fourth-order valence-electron chi connectivity index (χ4n) is 1.81. The Labute approximate surface area is 106 Å². The van der Waals surface area contributed by atoms with Crippen molar-refractivity contribution < 1.29 is 8.42 Å². The Morgan fingerprint density at radius 2 is 2.18 bits per heavy atom. The molecular formula is C11H18N2O2S2. The summed E-state index contributed by atoms with van der Waals surface area (Å²) in [5, 5.41) is 0. The van der Waals surface area contributed by atoms with Crippen molar-refractivity contribution in [2.24, 2.45) is 11.7 Å². The Bertz CT molecular complexity index is 504. The fourth-order valence-corrected chi connectivity index (χ4v) is 4.54. The van der Waals surface area contributed by atoms with Gasteiger partial charge in [0.1, 0.15) is 0 Å². The molecule has 0 radical (unpaired) electrons. The minimum atomic E-state index is -3.33. The van der Waals surface area contributed by atoms with Crippen molar-refractivity contribution >= 4 is 21.4 Å². The molecule has 0 aromatic carbocycles. The molecule has 4 nitrogen and oxygen atoms in total. The monoisotopic (exact) mass is 274 g/mol. The van der Waals surface area contributed by atoms with Crippen LogP contribution in [0, 0.1) is 12.8 Å². The fraction of sp³-hybridized carbons (Fsp3) is 0.636. The normalized spacial score (nSPS) is 16.7. The van der Waals surface area contributed by atoms with Gasteiger partial charge in [-0.15, -0.1) is 11.3 Å². The predicted octanol–water partition coefficient (Wildman–Crippen LogP) is 1.55. The van der Waals surface area contributed by atoms with Crippen LogP contribution < -0.4 is 5.73 Å². The SMILES string of the molecule is Cc1sc(CN)cc1S(=O)(=O)N(C)CC1CC1. The second-order valence-corrected chi connectivity index (χ2v) is 7.92. The van der Waals surface area contributed by atoms with Crippen LogP contribution in [-0.2, 0) is 16.6 Å². The number of hydrogen-bond acceptors (Lipinski definition) is 4. The molecule has 2 rings (SSSR count). The molecule has 1 saturated carbocycles. The van der Waals surface area contributed by atoms with Gasteiger partial charge in [0, 0.05) is 29.9 Å². The zero-order chi connectivity index (χ0) is 12.6. The summed E-state index contributed by atoms with van der Waals surface area (Å²) in [6.07, 6.45) is 2.30. The van der Waals surface area contributed by atoms with Crippen molar-refractivity contribution in [3.8, 4) is 0 Å². The Morgan fingerprint density at radius 3 is 2.65 bits per heavy atom. The summed E-state index contributed by atoms with van der Waals surface area (Å²) in [4.78, 5) is 2.17. The van der Waals surface area contributed by atoms with E-state index in [2.05, 4.69) is 0 Å². The average Bonchev–Trinajstić information content (AvgIpc) is 2.99. The maximum absolute atomic E-state index is 12.3. The molecule has 0 amide bonds. The summed E-state index contributed by atoms with van der Waals surface area (Å²) in [5.74, 6) is 0.558. The van der Waals surface area contributed by atoms with E-state index in [-0.39, 0.29) is 0 Å². The van der Waals surface area contributed by atoms with E-state index in [0.29, 0.717) is 23.9 Å². The van der Waals surface area contributed by atoms with Crippen LogP contribution in [0.5, 0.6) is 0 Å². The number of nitrogens with two attached hydrogens (primary N) is 1. The van der Waals surface area contributed by atoms with Gasteiger partial charge in [0.15, 0.2) is 0 Å². The number of sulfonamides is 1. The largest absolute Gasteiger partial charge is 0.326 e. The van der Waals surface area contributed by atoms with E-state index in [1.165, 1.54) is 15.6 Å². The third kappa shape index (κ3) is 2.70. The van der Waals surface area contributed by atoms with Gasteiger partial charge in [0.2, 0.25) is 10.0 Å². The van der Waals surface area contributed by atoms with Gasteiger partial charge in [0.05, 0.1) is 4.90 Å². The molecule has 0 unspecified atom stereocenters. The average molecular weight is 274 g/mol. The number of hydrogen-bond donors (Lipinski definition) is 1. The van der Waals surface area contributed by atoms with Crippen molar-refractivity contribution in [1.82, 2.24) is 4.31 Å². The smallest absolute Gasteiger partial charge is 0.243 e. The molecule has 0 bridgehead atoms. The van der Waals surface area contributed by atoms with E-state index in [4.69, 9.17) is 5.73 Å². The first-order chi connectivity index (χ1) is 7.95. The molecule has 0 saturated heterocycles. The first-order valence-electron chi connectivity index (χ1n) is 5.71. The second-order valence-electron chi connectivity index (χ2n) is 4.57. The van der Waals surface area contributed by atoms with Gasteiger partial charge in [-0.05, 0) is 31.7 Å². The van der Waals surface area contributed by atoms with E-state index in [1.54, 1.807) is 13.1 Å². The third-order valence-electron chi connectivity index (χ3n) is 3.02. The number of thiophene rings is 1. The number of aryl methyl sites for hydroxylation is 1. The molecule has 1 heterocycles. The summed E-state index contributed by atoms with van der Waals surface area (Å²) < 4.78 is 26.1. The van der Waals surface area contributed by atoms with E-state index >= 15 is 0 Å². The van der Waals surface area contributed by atoms with Gasteiger partial charge in [-0.1, -0.05) is 0 Å². The molecule has 17 heavy (non-hydrogen) atoms. The molecule has 96 valence electrons. The van der Waals surface area contributed by atoms with Gasteiger partial charge >= 0.3 is 0 Å². The maximum atomic E-state index is 12.3. The number of rotatable bonds is 5. The number of nitrogens with zero attached hydrogens (tertiary/aromatic N) is 1. The minimum Gasteiger partial charge on any atom is -0.326 e. The molecule has 1 aromatic heterocycles. The van der Waals surface area contributed by atoms with Crippen LogP contribution in [0.3, 0.4) is 0 Å². The topological polar surface area (TPSA) is 63.4 Å². The summed E-state index contributed by atoms with van der Waals surface area (Å²) >= 11 is 1.46. The molecule has 1 aliphatic rings. The third-order valence-corrected chi connectivity index (χ3v) is 6.18. The highest BCUT2D eigenvalue weighted by atomic mass is 32.2. The van der Waals surface area contributed by atoms with Crippen LogP contribution >= 0.6 is 11.3 Å². The first-order valence-corrected chi connectivity index (χ1v) is 7.96. The van der Waals surface area contributed by atoms with E-state index < -0.39 is 10.0 Å². The van der Waals surface area contributed by atoms with Gasteiger partial charge in [0.25, 0.3) is 0 Å². The zero-order valence-corrected chi connectivity index (χ0v) is 11.8. The van der Waals surface area contributed by atoms with Crippen LogP contribution in [0.4, 0.5) is 0 Å². The van der Waals surface area contributed by atoms with E-state index in [9.17, 15) is 8.42 Å². The minimum absolute atomic E-state index is 0.396. The Morgan fingerprint density at radius 1 is 1.53 bits per heavy atom. The lowest BCUT2D eigenvalue weighted by Crippen LogP contribution is -2.29. The Kier molecular flexibility index (Phi) is 3.58. The molecule has 0 aliphatic heterocycles. The molecule has 1 fully saturated rings. The highest BCUT2D eigenvalue weighted by Gasteiger charge is 2.30. The Hall–Kier alpha value is -0.430. The lowest BCUT2D eigenvalue weighted by Gasteiger charge is -2.16. The van der Waals surface area contributed by atoms with Crippen LogP contribution in [0.15, 0.2) is 11.0 Å². The molecule has 6 heteroatoms. The quantitative estimate of drug-likeness (QED) is 0.886. The van der Waals surface area contributed by atoms with E-state index in [0.717, 1.165) is 22.6 Å². The lowest BCUT2D eigenvalue weighted by molar-refractivity contribution is 0.453. The maximum Gasteiger partial charge on any atom is 0.243 e. The first kappa shape index (κ1) is 13.0. The summed E-state index contributed by atoms with van der Waals surface area (Å²) in [6.45, 7) is 2.87. The molecule has 1 aromatic rings. The second kappa shape index (κ2) is 4.68. The zero-order valence-electron chi connectivity index (χ0n) is 10.1. The van der Waals surface area contributed by atoms with Crippen LogP contribution in [0.25, 0.3) is 0 Å². The highest BCUT2D eigenvalue weighted by Crippen LogP contribution is 2.32. The van der Waals surface area contributed by atoms with Gasteiger partial charge in [-0.2, -0.15) is 0 Å². The van der Waals surface area contributed by atoms with Crippen molar-refractivity contribution in [3.05, 3.63) is 15.8 Å². The molecule has 0 atom stereocenters. The van der Waals surface area contributed by atoms with Crippen LogP contribution in [-0.4, -0.2) is 26.3 Å². The molecular weight excluding hydrogens is 256 g/mol. The predicted molar refractivity (Wildman–Crippen MR) is 69.5 cm³/mol. The van der Waals surface area contributed by atoms with Crippen molar-refractivity contribution in [2.45, 2.75) is 31.2 Å². The van der Waals surface area contributed by atoms with E-state index in [1.807, 2.05) is 6.92 Å². The molecule has 0 spiro atoms. The lowest BCUT2D eigenvalue weighted by atomic mass is 10.4. The Balaban J connectivity index is 2.25. The van der Waals surface area contributed by atoms with Gasteiger partial charge < -0.3 is 5.73 Å². The van der Waals surface area contributed by atoms with Crippen LogP contribution in [0.2, 0.25) is 0 Å². The van der Waals surface area contributed by atoms with Gasteiger partial charge in [-0.25, -0.2) is 12.7 Å². The molecule has 2 N–H and O–H groups in total. The standard InChI is InChI=1S/C11H18N2O2S2/c1-8-11(5-10(6-12)16-8)17(14,15)13(2)7-9-3-4-9/h5,9H,3-4,6-7,12H2,1-2H3. The van der Waals surface area contributed by atoms with Crippen LogP contribution in [0.1, 0.15) is 22.6 Å². The van der Waals surface area contributed by atoms with Crippen molar-refractivity contribution in [3.63, 3.8) is 0 Å². The van der Waals surface area contributed by atoms with Crippen molar-refractivity contribution in [1.29, 1.82) is 0 Å².